The number of hydrogen-bond donors (Lipinski definition) is 2. The van der Waals surface area contributed by atoms with Gasteiger partial charge in [-0.2, -0.15) is 0 Å². The van der Waals surface area contributed by atoms with Gasteiger partial charge in [0.15, 0.2) is 0 Å². The average Bonchev–Trinajstić information content (AvgIpc) is 3.31. The van der Waals surface area contributed by atoms with Crippen LogP contribution < -0.4 is 10.6 Å². The Morgan fingerprint density at radius 1 is 1.06 bits per heavy atom. The molecule has 0 bridgehead atoms. The Morgan fingerprint density at radius 2 is 1.67 bits per heavy atom. The molecule has 7 heteroatoms. The summed E-state index contributed by atoms with van der Waals surface area (Å²) in [5.41, 5.74) is 3.79. The van der Waals surface area contributed by atoms with Gasteiger partial charge in [-0.25, -0.2) is 9.59 Å². The zero-order valence-corrected chi connectivity index (χ0v) is 19.2. The standard InChI is InChI=1S/C26H30N2O5/c1-26(2,3)33-24(30)22(14-16-12-13-27-23(16)29)28-25(31)32-15-21-19-10-6-4-8-17(19)18-9-5-7-11-20(18)21/h4-11,16,21-22H,12-15H2,1-3H3,(H,27,29)(H,28,31)/t16-,22+/m1/s1. The molecule has 33 heavy (non-hydrogen) atoms. The Bertz CT molecular complexity index is 1010. The normalized spacial score (nSPS) is 18.2. The molecule has 174 valence electrons. The molecule has 1 fully saturated rings. The number of amides is 2. The van der Waals surface area contributed by atoms with E-state index in [-0.39, 0.29) is 30.8 Å². The second kappa shape index (κ2) is 9.25. The van der Waals surface area contributed by atoms with Crippen molar-refractivity contribution in [3.05, 3.63) is 59.7 Å². The van der Waals surface area contributed by atoms with Crippen LogP contribution in [0.1, 0.15) is 50.7 Å². The summed E-state index contributed by atoms with van der Waals surface area (Å²) in [6.07, 6.45) is 0.0845. The number of alkyl carbamates (subject to hydrolysis) is 1. The summed E-state index contributed by atoms with van der Waals surface area (Å²) in [4.78, 5) is 37.5. The SMILES string of the molecule is CC(C)(C)OC(=O)[C@H](C[C@H]1CCNC1=O)NC(=O)OCC1c2ccccc2-c2ccccc21. The fourth-order valence-corrected chi connectivity index (χ4v) is 4.52. The van der Waals surface area contributed by atoms with Crippen molar-refractivity contribution in [3.8, 4) is 11.1 Å². The topological polar surface area (TPSA) is 93.7 Å². The van der Waals surface area contributed by atoms with Crippen LogP contribution in [-0.4, -0.2) is 42.8 Å². The number of hydrogen-bond acceptors (Lipinski definition) is 5. The summed E-state index contributed by atoms with van der Waals surface area (Å²) in [6.45, 7) is 5.99. The predicted octanol–water partition coefficient (Wildman–Crippen LogP) is 3.76. The van der Waals surface area contributed by atoms with Crippen LogP contribution in [0.4, 0.5) is 4.79 Å². The quantitative estimate of drug-likeness (QED) is 0.654. The third-order valence-electron chi connectivity index (χ3n) is 6.01. The number of benzene rings is 2. The summed E-state index contributed by atoms with van der Waals surface area (Å²) in [7, 11) is 0. The molecule has 7 nitrogen and oxygen atoms in total. The van der Waals surface area contributed by atoms with Gasteiger partial charge in [-0.15, -0.1) is 0 Å². The van der Waals surface area contributed by atoms with Gasteiger partial charge in [0.05, 0.1) is 0 Å². The minimum atomic E-state index is -0.964. The van der Waals surface area contributed by atoms with E-state index >= 15 is 0 Å². The van der Waals surface area contributed by atoms with Gasteiger partial charge in [0.2, 0.25) is 5.91 Å². The van der Waals surface area contributed by atoms with Crippen molar-refractivity contribution in [3.63, 3.8) is 0 Å². The second-order valence-electron chi connectivity index (χ2n) is 9.57. The van der Waals surface area contributed by atoms with Gasteiger partial charge in [-0.3, -0.25) is 4.79 Å². The molecule has 2 N–H and O–H groups in total. The largest absolute Gasteiger partial charge is 0.458 e. The number of rotatable bonds is 6. The molecule has 0 unspecified atom stereocenters. The van der Waals surface area contributed by atoms with E-state index in [4.69, 9.17) is 9.47 Å². The van der Waals surface area contributed by atoms with Gasteiger partial charge >= 0.3 is 12.1 Å². The van der Waals surface area contributed by atoms with E-state index in [1.165, 1.54) is 0 Å². The lowest BCUT2D eigenvalue weighted by Gasteiger charge is -2.25. The average molecular weight is 451 g/mol. The van der Waals surface area contributed by atoms with Crippen molar-refractivity contribution in [1.29, 1.82) is 0 Å². The summed E-state index contributed by atoms with van der Waals surface area (Å²) < 4.78 is 11.1. The number of ether oxygens (including phenoxy) is 2. The number of nitrogens with one attached hydrogen (secondary N) is 2. The molecule has 0 spiro atoms. The number of carbonyl (C=O) groups is 3. The molecule has 2 amide bonds. The maximum absolute atomic E-state index is 12.8. The number of esters is 1. The molecule has 1 aliphatic heterocycles. The minimum Gasteiger partial charge on any atom is -0.458 e. The second-order valence-corrected chi connectivity index (χ2v) is 9.57. The van der Waals surface area contributed by atoms with Crippen LogP contribution in [0, 0.1) is 5.92 Å². The molecule has 0 aromatic heterocycles. The highest BCUT2D eigenvalue weighted by Gasteiger charge is 2.35. The summed E-state index contributed by atoms with van der Waals surface area (Å²) in [5, 5.41) is 5.40. The van der Waals surface area contributed by atoms with Crippen LogP contribution in [0.15, 0.2) is 48.5 Å². The van der Waals surface area contributed by atoms with Crippen molar-refractivity contribution in [2.75, 3.05) is 13.2 Å². The highest BCUT2D eigenvalue weighted by Crippen LogP contribution is 2.44. The lowest BCUT2D eigenvalue weighted by molar-refractivity contribution is -0.157. The lowest BCUT2D eigenvalue weighted by Crippen LogP contribution is -2.46. The molecular formula is C26H30N2O5. The Kier molecular flexibility index (Phi) is 6.40. The maximum Gasteiger partial charge on any atom is 0.407 e. The van der Waals surface area contributed by atoms with Crippen molar-refractivity contribution >= 4 is 18.0 Å². The molecule has 2 atom stereocenters. The van der Waals surface area contributed by atoms with Crippen LogP contribution in [-0.2, 0) is 19.1 Å². The molecule has 4 rings (SSSR count). The molecule has 1 aliphatic carbocycles. The molecule has 1 saturated heterocycles. The summed E-state index contributed by atoms with van der Waals surface area (Å²) in [5.74, 6) is -1.12. The number of carbonyl (C=O) groups excluding carboxylic acids is 3. The van der Waals surface area contributed by atoms with E-state index in [2.05, 4.69) is 22.8 Å². The fourth-order valence-electron chi connectivity index (χ4n) is 4.52. The first kappa shape index (κ1) is 22.8. The molecule has 2 aliphatic rings. The first-order valence-corrected chi connectivity index (χ1v) is 11.3. The molecule has 2 aromatic rings. The van der Waals surface area contributed by atoms with Gasteiger partial charge in [-0.05, 0) is 55.9 Å². The van der Waals surface area contributed by atoms with Crippen LogP contribution >= 0.6 is 0 Å². The van der Waals surface area contributed by atoms with Crippen LogP contribution in [0.2, 0.25) is 0 Å². The van der Waals surface area contributed by atoms with Crippen LogP contribution in [0.25, 0.3) is 11.1 Å². The third kappa shape index (κ3) is 5.18. The fraction of sp³-hybridized carbons (Fsp3) is 0.423. The third-order valence-corrected chi connectivity index (χ3v) is 6.01. The van der Waals surface area contributed by atoms with Gasteiger partial charge in [0.1, 0.15) is 18.2 Å². The van der Waals surface area contributed by atoms with Gasteiger partial charge in [0.25, 0.3) is 0 Å². The van der Waals surface area contributed by atoms with Gasteiger partial charge < -0.3 is 20.1 Å². The van der Waals surface area contributed by atoms with Crippen LogP contribution in [0.3, 0.4) is 0 Å². The lowest BCUT2D eigenvalue weighted by atomic mass is 9.98. The van der Waals surface area contributed by atoms with Crippen molar-refractivity contribution < 1.29 is 23.9 Å². The van der Waals surface area contributed by atoms with Crippen LogP contribution in [0.5, 0.6) is 0 Å². The van der Waals surface area contributed by atoms with Crippen molar-refractivity contribution in [1.82, 2.24) is 10.6 Å². The van der Waals surface area contributed by atoms with Gasteiger partial charge in [0, 0.05) is 18.4 Å². The zero-order valence-electron chi connectivity index (χ0n) is 19.2. The Labute approximate surface area is 193 Å². The maximum atomic E-state index is 12.8. The smallest absolute Gasteiger partial charge is 0.407 e. The molecule has 1 heterocycles. The van der Waals surface area contributed by atoms with E-state index in [9.17, 15) is 14.4 Å². The first-order chi connectivity index (χ1) is 15.7. The van der Waals surface area contributed by atoms with E-state index in [0.717, 1.165) is 22.3 Å². The highest BCUT2D eigenvalue weighted by molar-refractivity contribution is 5.85. The monoisotopic (exact) mass is 450 g/mol. The molecule has 0 radical (unpaired) electrons. The van der Waals surface area contributed by atoms with E-state index in [1.807, 2.05) is 36.4 Å². The Morgan fingerprint density at radius 3 is 2.21 bits per heavy atom. The summed E-state index contributed by atoms with van der Waals surface area (Å²) >= 11 is 0. The number of fused-ring (bicyclic) bond motifs is 3. The van der Waals surface area contributed by atoms with E-state index in [0.29, 0.717) is 13.0 Å². The Hall–Kier alpha value is -3.35. The minimum absolute atomic E-state index is 0.0799. The van der Waals surface area contributed by atoms with Gasteiger partial charge in [-0.1, -0.05) is 48.5 Å². The first-order valence-electron chi connectivity index (χ1n) is 11.3. The molecular weight excluding hydrogens is 420 g/mol. The Balaban J connectivity index is 1.44. The predicted molar refractivity (Wildman–Crippen MR) is 124 cm³/mol. The molecule has 0 saturated carbocycles. The zero-order chi connectivity index (χ0) is 23.6. The highest BCUT2D eigenvalue weighted by atomic mass is 16.6. The summed E-state index contributed by atoms with van der Waals surface area (Å²) in [6, 6.07) is 15.2. The van der Waals surface area contributed by atoms with Crippen molar-refractivity contribution in [2.45, 2.75) is 51.2 Å². The van der Waals surface area contributed by atoms with E-state index < -0.39 is 23.7 Å². The van der Waals surface area contributed by atoms with E-state index in [1.54, 1.807) is 20.8 Å². The van der Waals surface area contributed by atoms with Crippen molar-refractivity contribution in [2.24, 2.45) is 5.92 Å². The molecule has 2 aromatic carbocycles.